The first-order chi connectivity index (χ1) is 8.80. The molecule has 1 aromatic rings. The molecule has 1 aliphatic rings. The van der Waals surface area contributed by atoms with Gasteiger partial charge in [-0.15, -0.1) is 0 Å². The lowest BCUT2D eigenvalue weighted by molar-refractivity contribution is 0.105. The zero-order valence-electron chi connectivity index (χ0n) is 13.0. The molecule has 0 unspecified atom stereocenters. The Balaban J connectivity index is 2.09. The molecule has 1 aliphatic carbocycles. The van der Waals surface area contributed by atoms with Crippen molar-refractivity contribution in [2.75, 3.05) is 5.32 Å². The third-order valence-electron chi connectivity index (χ3n) is 3.99. The van der Waals surface area contributed by atoms with Crippen molar-refractivity contribution in [2.24, 2.45) is 10.8 Å². The van der Waals surface area contributed by atoms with E-state index in [1.165, 1.54) is 19.3 Å². The fourth-order valence-electron chi connectivity index (χ4n) is 3.83. The molecule has 1 fully saturated rings. The van der Waals surface area contributed by atoms with E-state index in [1.54, 1.807) is 6.33 Å². The van der Waals surface area contributed by atoms with Crippen LogP contribution in [0.4, 0.5) is 5.82 Å². The van der Waals surface area contributed by atoms with Crippen LogP contribution in [0.3, 0.4) is 0 Å². The first-order valence-corrected chi connectivity index (χ1v) is 7.37. The van der Waals surface area contributed by atoms with Gasteiger partial charge in [0.2, 0.25) is 0 Å². The Morgan fingerprint density at radius 2 is 1.79 bits per heavy atom. The highest BCUT2D eigenvalue weighted by Gasteiger charge is 2.38. The number of nitrogens with one attached hydrogen (secondary N) is 1. The molecule has 1 saturated carbocycles. The standard InChI is InChI=1S/C16H27N3/c1-6-12-7-14(18-11-17-12)19-13-8-15(2,3)10-16(4,5)9-13/h7,11,13H,6,8-10H2,1-5H3,(H,17,18,19). The van der Waals surface area contributed by atoms with Crippen molar-refractivity contribution < 1.29 is 0 Å². The second-order valence-corrected chi connectivity index (χ2v) is 7.50. The van der Waals surface area contributed by atoms with Gasteiger partial charge in [-0.2, -0.15) is 0 Å². The third kappa shape index (κ3) is 3.92. The molecule has 0 radical (unpaired) electrons. The van der Waals surface area contributed by atoms with E-state index in [0.717, 1.165) is 17.9 Å². The van der Waals surface area contributed by atoms with Crippen LogP contribution in [-0.4, -0.2) is 16.0 Å². The SMILES string of the molecule is CCc1cc(NC2CC(C)(C)CC(C)(C)C2)ncn1. The third-order valence-corrected chi connectivity index (χ3v) is 3.99. The Bertz CT molecular complexity index is 421. The zero-order valence-corrected chi connectivity index (χ0v) is 13.0. The summed E-state index contributed by atoms with van der Waals surface area (Å²) < 4.78 is 0. The lowest BCUT2D eigenvalue weighted by Crippen LogP contribution is -2.40. The summed E-state index contributed by atoms with van der Waals surface area (Å²) in [5, 5.41) is 3.62. The fraction of sp³-hybridized carbons (Fsp3) is 0.750. The Morgan fingerprint density at radius 1 is 1.16 bits per heavy atom. The van der Waals surface area contributed by atoms with Gasteiger partial charge in [0.15, 0.2) is 0 Å². The Morgan fingerprint density at radius 3 is 2.37 bits per heavy atom. The maximum atomic E-state index is 4.35. The van der Waals surface area contributed by atoms with Crippen LogP contribution in [0.25, 0.3) is 0 Å². The van der Waals surface area contributed by atoms with Gasteiger partial charge in [0.05, 0.1) is 0 Å². The Labute approximate surface area is 117 Å². The molecular formula is C16H27N3. The van der Waals surface area contributed by atoms with Crippen LogP contribution in [0.15, 0.2) is 12.4 Å². The highest BCUT2D eigenvalue weighted by molar-refractivity contribution is 5.36. The second-order valence-electron chi connectivity index (χ2n) is 7.50. The van der Waals surface area contributed by atoms with Crippen molar-refractivity contribution in [1.82, 2.24) is 9.97 Å². The van der Waals surface area contributed by atoms with Gasteiger partial charge in [-0.1, -0.05) is 34.6 Å². The largest absolute Gasteiger partial charge is 0.367 e. The van der Waals surface area contributed by atoms with E-state index in [1.807, 2.05) is 0 Å². The lowest BCUT2D eigenvalue weighted by atomic mass is 9.63. The van der Waals surface area contributed by atoms with E-state index in [2.05, 4.69) is 56.0 Å². The second kappa shape index (κ2) is 5.10. The van der Waals surface area contributed by atoms with Gasteiger partial charge < -0.3 is 5.32 Å². The quantitative estimate of drug-likeness (QED) is 0.891. The van der Waals surface area contributed by atoms with Crippen LogP contribution < -0.4 is 5.32 Å². The van der Waals surface area contributed by atoms with Crippen molar-refractivity contribution >= 4 is 5.82 Å². The molecule has 0 aliphatic heterocycles. The van der Waals surface area contributed by atoms with Gasteiger partial charge in [-0.25, -0.2) is 9.97 Å². The molecule has 1 aromatic heterocycles. The number of aromatic nitrogens is 2. The number of anilines is 1. The molecule has 106 valence electrons. The lowest BCUT2D eigenvalue weighted by Gasteiger charge is -2.45. The summed E-state index contributed by atoms with van der Waals surface area (Å²) in [7, 11) is 0. The van der Waals surface area contributed by atoms with Gasteiger partial charge in [-0.05, 0) is 36.5 Å². The number of nitrogens with zero attached hydrogens (tertiary/aromatic N) is 2. The molecule has 0 amide bonds. The topological polar surface area (TPSA) is 37.8 Å². The van der Waals surface area contributed by atoms with Crippen LogP contribution in [0, 0.1) is 10.8 Å². The summed E-state index contributed by atoms with van der Waals surface area (Å²) in [6.07, 6.45) is 6.34. The van der Waals surface area contributed by atoms with Crippen LogP contribution in [0.2, 0.25) is 0 Å². The summed E-state index contributed by atoms with van der Waals surface area (Å²) in [6.45, 7) is 11.6. The van der Waals surface area contributed by atoms with Crippen molar-refractivity contribution in [1.29, 1.82) is 0 Å². The highest BCUT2D eigenvalue weighted by atomic mass is 15.0. The van der Waals surface area contributed by atoms with Crippen molar-refractivity contribution in [3.05, 3.63) is 18.1 Å². The molecule has 19 heavy (non-hydrogen) atoms. The molecule has 3 nitrogen and oxygen atoms in total. The van der Waals surface area contributed by atoms with Crippen LogP contribution >= 0.6 is 0 Å². The summed E-state index contributed by atoms with van der Waals surface area (Å²) in [4.78, 5) is 8.61. The molecule has 2 rings (SSSR count). The fourth-order valence-corrected chi connectivity index (χ4v) is 3.83. The molecule has 1 heterocycles. The normalized spacial score (nSPS) is 22.2. The van der Waals surface area contributed by atoms with E-state index in [9.17, 15) is 0 Å². The molecule has 0 spiro atoms. The predicted octanol–water partition coefficient (Wildman–Crippen LogP) is 4.06. The first-order valence-electron chi connectivity index (χ1n) is 7.37. The predicted molar refractivity (Wildman–Crippen MR) is 80.2 cm³/mol. The number of hydrogen-bond acceptors (Lipinski definition) is 3. The van der Waals surface area contributed by atoms with Crippen molar-refractivity contribution in [3.8, 4) is 0 Å². The maximum absolute atomic E-state index is 4.35. The minimum Gasteiger partial charge on any atom is -0.367 e. The monoisotopic (exact) mass is 261 g/mol. The molecule has 0 atom stereocenters. The maximum Gasteiger partial charge on any atom is 0.129 e. The summed E-state index contributed by atoms with van der Waals surface area (Å²) >= 11 is 0. The molecule has 0 saturated heterocycles. The van der Waals surface area contributed by atoms with Gasteiger partial charge in [-0.3, -0.25) is 0 Å². The van der Waals surface area contributed by atoms with E-state index >= 15 is 0 Å². The van der Waals surface area contributed by atoms with E-state index < -0.39 is 0 Å². The molecule has 1 N–H and O–H groups in total. The molecular weight excluding hydrogens is 234 g/mol. The van der Waals surface area contributed by atoms with Gasteiger partial charge in [0, 0.05) is 17.8 Å². The van der Waals surface area contributed by atoms with E-state index in [4.69, 9.17) is 0 Å². The smallest absolute Gasteiger partial charge is 0.129 e. The van der Waals surface area contributed by atoms with Gasteiger partial charge in [0.25, 0.3) is 0 Å². The Hall–Kier alpha value is -1.12. The van der Waals surface area contributed by atoms with Crippen LogP contribution in [0.1, 0.15) is 59.6 Å². The molecule has 3 heteroatoms. The summed E-state index contributed by atoms with van der Waals surface area (Å²) in [5.74, 6) is 0.977. The Kier molecular flexibility index (Phi) is 3.84. The first kappa shape index (κ1) is 14.3. The molecule has 0 aromatic carbocycles. The van der Waals surface area contributed by atoms with Crippen LogP contribution in [-0.2, 0) is 6.42 Å². The van der Waals surface area contributed by atoms with Crippen molar-refractivity contribution in [2.45, 2.75) is 66.3 Å². The van der Waals surface area contributed by atoms with Crippen molar-refractivity contribution in [3.63, 3.8) is 0 Å². The summed E-state index contributed by atoms with van der Waals surface area (Å²) in [5.41, 5.74) is 1.91. The van der Waals surface area contributed by atoms with Gasteiger partial charge in [0.1, 0.15) is 12.1 Å². The van der Waals surface area contributed by atoms with E-state index in [-0.39, 0.29) is 0 Å². The summed E-state index contributed by atoms with van der Waals surface area (Å²) in [6, 6.07) is 2.59. The van der Waals surface area contributed by atoms with Gasteiger partial charge >= 0.3 is 0 Å². The minimum absolute atomic E-state index is 0.403. The number of aryl methyl sites for hydroxylation is 1. The molecule has 0 bridgehead atoms. The average Bonchev–Trinajstić information content (AvgIpc) is 2.24. The highest BCUT2D eigenvalue weighted by Crippen LogP contribution is 2.46. The van der Waals surface area contributed by atoms with Crippen LogP contribution in [0.5, 0.6) is 0 Å². The zero-order chi connectivity index (χ0) is 14.1. The minimum atomic E-state index is 0.403. The average molecular weight is 261 g/mol. The number of rotatable bonds is 3. The number of hydrogen-bond donors (Lipinski definition) is 1. The van der Waals surface area contributed by atoms with E-state index in [0.29, 0.717) is 16.9 Å².